The molecule has 1 aromatic heterocycles. The molecule has 7 heteroatoms. The van der Waals surface area contributed by atoms with E-state index in [1.54, 1.807) is 13.8 Å². The number of aromatic nitrogens is 1. The van der Waals surface area contributed by atoms with Gasteiger partial charge in [0.25, 0.3) is 0 Å². The highest BCUT2D eigenvalue weighted by Gasteiger charge is 2.15. The molecule has 0 aliphatic heterocycles. The van der Waals surface area contributed by atoms with Gasteiger partial charge in [-0.15, -0.1) is 0 Å². The van der Waals surface area contributed by atoms with Crippen LogP contribution in [0.1, 0.15) is 24.3 Å². The number of nitrogens with zero attached hydrogens (tertiary/aromatic N) is 1. The van der Waals surface area contributed by atoms with E-state index in [0.29, 0.717) is 5.76 Å². The van der Waals surface area contributed by atoms with E-state index in [0.717, 1.165) is 18.2 Å². The Balaban J connectivity index is 2.01. The maximum absolute atomic E-state index is 13.5. The molecule has 2 N–H and O–H groups in total. The van der Waals surface area contributed by atoms with Crippen LogP contribution in [0.4, 0.5) is 19.4 Å². The molecule has 20 heavy (non-hydrogen) atoms. The van der Waals surface area contributed by atoms with Crippen molar-refractivity contribution in [1.29, 1.82) is 0 Å². The first-order valence-electron chi connectivity index (χ1n) is 5.91. The van der Waals surface area contributed by atoms with Gasteiger partial charge in [-0.2, -0.15) is 0 Å². The second-order valence-corrected chi connectivity index (χ2v) is 4.31. The van der Waals surface area contributed by atoms with Gasteiger partial charge in [0, 0.05) is 11.6 Å². The minimum atomic E-state index is -0.696. The molecule has 0 saturated heterocycles. The molecule has 0 spiro atoms. The van der Waals surface area contributed by atoms with Crippen molar-refractivity contribution >= 4 is 11.8 Å². The Labute approximate surface area is 114 Å². The topological polar surface area (TPSA) is 67.2 Å². The number of hydrogen-bond acceptors (Lipinski definition) is 3. The average Bonchev–Trinajstić information content (AvgIpc) is 2.77. The van der Waals surface area contributed by atoms with Gasteiger partial charge in [-0.05, 0) is 32.0 Å². The SMILES string of the molecule is Cc1cc(NC(=O)NC(C)c2cc(F)ccc2F)no1. The molecule has 5 nitrogen and oxygen atoms in total. The Morgan fingerprint density at radius 1 is 1.35 bits per heavy atom. The number of anilines is 1. The summed E-state index contributed by atoms with van der Waals surface area (Å²) in [6.45, 7) is 3.23. The van der Waals surface area contributed by atoms with Gasteiger partial charge >= 0.3 is 6.03 Å². The molecular weight excluding hydrogens is 268 g/mol. The third-order valence-electron chi connectivity index (χ3n) is 2.64. The summed E-state index contributed by atoms with van der Waals surface area (Å²) in [6.07, 6.45) is 0. The van der Waals surface area contributed by atoms with E-state index in [4.69, 9.17) is 4.52 Å². The van der Waals surface area contributed by atoms with Crippen LogP contribution in [0.2, 0.25) is 0 Å². The van der Waals surface area contributed by atoms with Crippen molar-refractivity contribution in [2.75, 3.05) is 5.32 Å². The van der Waals surface area contributed by atoms with E-state index in [2.05, 4.69) is 15.8 Å². The smallest absolute Gasteiger partial charge is 0.320 e. The molecule has 0 aliphatic rings. The fraction of sp³-hybridized carbons (Fsp3) is 0.231. The second-order valence-electron chi connectivity index (χ2n) is 4.31. The largest absolute Gasteiger partial charge is 0.360 e. The number of carbonyl (C=O) groups is 1. The molecule has 1 heterocycles. The monoisotopic (exact) mass is 281 g/mol. The Morgan fingerprint density at radius 2 is 2.10 bits per heavy atom. The van der Waals surface area contributed by atoms with Crippen molar-refractivity contribution in [2.45, 2.75) is 19.9 Å². The minimum absolute atomic E-state index is 0.0662. The number of amides is 2. The predicted octanol–water partition coefficient (Wildman–Crippen LogP) is 3.14. The molecular formula is C13H13F2N3O2. The number of hydrogen-bond donors (Lipinski definition) is 2. The first-order chi connectivity index (χ1) is 9.45. The zero-order valence-electron chi connectivity index (χ0n) is 10.9. The molecule has 0 aliphatic carbocycles. The van der Waals surface area contributed by atoms with Gasteiger partial charge in [0.1, 0.15) is 17.4 Å². The molecule has 0 saturated carbocycles. The Bertz CT molecular complexity index is 628. The lowest BCUT2D eigenvalue weighted by Gasteiger charge is -2.15. The highest BCUT2D eigenvalue weighted by molar-refractivity contribution is 5.88. The van der Waals surface area contributed by atoms with E-state index < -0.39 is 23.7 Å². The van der Waals surface area contributed by atoms with Gasteiger partial charge in [-0.1, -0.05) is 5.16 Å². The number of nitrogens with one attached hydrogen (secondary N) is 2. The van der Waals surface area contributed by atoms with E-state index in [-0.39, 0.29) is 11.4 Å². The first kappa shape index (κ1) is 14.0. The van der Waals surface area contributed by atoms with Crippen LogP contribution in [0.15, 0.2) is 28.8 Å². The lowest BCUT2D eigenvalue weighted by atomic mass is 10.1. The zero-order valence-corrected chi connectivity index (χ0v) is 10.9. The maximum atomic E-state index is 13.5. The predicted molar refractivity (Wildman–Crippen MR) is 68.2 cm³/mol. The minimum Gasteiger partial charge on any atom is -0.360 e. The molecule has 1 aromatic carbocycles. The molecule has 2 amide bonds. The second kappa shape index (κ2) is 5.68. The van der Waals surface area contributed by atoms with Gasteiger partial charge in [0.2, 0.25) is 0 Å². The normalized spacial score (nSPS) is 12.0. The summed E-state index contributed by atoms with van der Waals surface area (Å²) in [5, 5.41) is 8.50. The van der Waals surface area contributed by atoms with Crippen LogP contribution < -0.4 is 10.6 Å². The van der Waals surface area contributed by atoms with E-state index in [9.17, 15) is 13.6 Å². The molecule has 1 unspecified atom stereocenters. The van der Waals surface area contributed by atoms with Crippen LogP contribution in [0.25, 0.3) is 0 Å². The summed E-state index contributed by atoms with van der Waals surface area (Å²) in [5.41, 5.74) is 0.0662. The highest BCUT2D eigenvalue weighted by Crippen LogP contribution is 2.18. The molecule has 1 atom stereocenters. The summed E-state index contributed by atoms with van der Waals surface area (Å²) in [4.78, 5) is 11.7. The molecule has 0 fully saturated rings. The molecule has 106 valence electrons. The quantitative estimate of drug-likeness (QED) is 0.908. The number of halogens is 2. The first-order valence-corrected chi connectivity index (χ1v) is 5.91. The van der Waals surface area contributed by atoms with Crippen molar-refractivity contribution < 1.29 is 18.1 Å². The number of carbonyl (C=O) groups excluding carboxylic acids is 1. The summed E-state index contributed by atoms with van der Waals surface area (Å²) < 4.78 is 31.4. The third-order valence-corrected chi connectivity index (χ3v) is 2.64. The van der Waals surface area contributed by atoms with Gasteiger partial charge in [-0.3, -0.25) is 5.32 Å². The van der Waals surface area contributed by atoms with Gasteiger partial charge in [0.05, 0.1) is 6.04 Å². The molecule has 2 rings (SSSR count). The Morgan fingerprint density at radius 3 is 2.75 bits per heavy atom. The van der Waals surface area contributed by atoms with Crippen molar-refractivity contribution in [1.82, 2.24) is 10.5 Å². The van der Waals surface area contributed by atoms with Gasteiger partial charge in [0.15, 0.2) is 5.82 Å². The number of rotatable bonds is 3. The Hall–Kier alpha value is -2.44. The van der Waals surface area contributed by atoms with Crippen LogP contribution in [-0.2, 0) is 0 Å². The van der Waals surface area contributed by atoms with Crippen LogP contribution in [0.5, 0.6) is 0 Å². The van der Waals surface area contributed by atoms with Crippen LogP contribution >= 0.6 is 0 Å². The maximum Gasteiger partial charge on any atom is 0.320 e. The number of urea groups is 1. The van der Waals surface area contributed by atoms with E-state index >= 15 is 0 Å². The van der Waals surface area contributed by atoms with Crippen molar-refractivity contribution in [3.8, 4) is 0 Å². The van der Waals surface area contributed by atoms with E-state index in [1.165, 1.54) is 6.07 Å². The summed E-state index contributed by atoms with van der Waals surface area (Å²) in [7, 11) is 0. The average molecular weight is 281 g/mol. The van der Waals surface area contributed by atoms with Crippen molar-refractivity contribution in [2.24, 2.45) is 0 Å². The van der Waals surface area contributed by atoms with Crippen LogP contribution in [0.3, 0.4) is 0 Å². The molecule has 0 bridgehead atoms. The lowest BCUT2D eigenvalue weighted by molar-refractivity contribution is 0.249. The number of aryl methyl sites for hydroxylation is 1. The number of benzene rings is 1. The lowest BCUT2D eigenvalue weighted by Crippen LogP contribution is -2.31. The van der Waals surface area contributed by atoms with E-state index in [1.807, 2.05) is 0 Å². The fourth-order valence-corrected chi connectivity index (χ4v) is 1.70. The standard InChI is InChI=1S/C13H13F2N3O2/c1-7-5-12(18-20-7)17-13(19)16-8(2)10-6-9(14)3-4-11(10)15/h3-6,8H,1-2H3,(H2,16,17,18,19). The van der Waals surface area contributed by atoms with Crippen LogP contribution in [0, 0.1) is 18.6 Å². The van der Waals surface area contributed by atoms with Gasteiger partial charge in [-0.25, -0.2) is 13.6 Å². The van der Waals surface area contributed by atoms with Crippen LogP contribution in [-0.4, -0.2) is 11.2 Å². The van der Waals surface area contributed by atoms with Gasteiger partial charge < -0.3 is 9.84 Å². The summed E-state index contributed by atoms with van der Waals surface area (Å²) in [5.74, 6) is -0.365. The zero-order chi connectivity index (χ0) is 14.7. The highest BCUT2D eigenvalue weighted by atomic mass is 19.1. The summed E-state index contributed by atoms with van der Waals surface area (Å²) in [6, 6.07) is 3.33. The van der Waals surface area contributed by atoms with Crippen molar-refractivity contribution in [3.63, 3.8) is 0 Å². The third kappa shape index (κ3) is 3.31. The molecule has 0 radical (unpaired) electrons. The summed E-state index contributed by atoms with van der Waals surface area (Å²) >= 11 is 0. The Kier molecular flexibility index (Phi) is 3.97. The fourth-order valence-electron chi connectivity index (χ4n) is 1.70. The van der Waals surface area contributed by atoms with Crippen molar-refractivity contribution in [3.05, 3.63) is 47.2 Å². The molecule has 2 aromatic rings.